The minimum absolute atomic E-state index is 0.659. The first kappa shape index (κ1) is 16.8. The fourth-order valence-electron chi connectivity index (χ4n) is 1.87. The van der Waals surface area contributed by atoms with Crippen molar-refractivity contribution >= 4 is 12.4 Å². The Morgan fingerprint density at radius 1 is 1.29 bits per heavy atom. The first-order chi connectivity index (χ1) is 10.2. The van der Waals surface area contributed by atoms with E-state index in [0.29, 0.717) is 6.42 Å². The van der Waals surface area contributed by atoms with Crippen LogP contribution >= 0.6 is 0 Å². The Kier molecular flexibility index (Phi) is 7.65. The van der Waals surface area contributed by atoms with E-state index in [1.54, 1.807) is 6.08 Å². The van der Waals surface area contributed by atoms with E-state index >= 15 is 0 Å². The predicted octanol–water partition coefficient (Wildman–Crippen LogP) is 3.97. The van der Waals surface area contributed by atoms with Crippen molar-refractivity contribution in [2.24, 2.45) is 9.98 Å². The fourth-order valence-corrected chi connectivity index (χ4v) is 1.87. The predicted molar refractivity (Wildman–Crippen MR) is 92.3 cm³/mol. The van der Waals surface area contributed by atoms with Crippen molar-refractivity contribution in [3.05, 3.63) is 66.2 Å². The lowest BCUT2D eigenvalue weighted by atomic mass is 10.1. The van der Waals surface area contributed by atoms with Gasteiger partial charge in [0.1, 0.15) is 0 Å². The molecule has 0 amide bonds. The van der Waals surface area contributed by atoms with Gasteiger partial charge in [0.25, 0.3) is 0 Å². The summed E-state index contributed by atoms with van der Waals surface area (Å²) in [7, 11) is 1.81. The summed E-state index contributed by atoms with van der Waals surface area (Å²) in [6.07, 6.45) is 10.1. The molecule has 1 rings (SSSR count). The first-order valence-electron chi connectivity index (χ1n) is 7.08. The van der Waals surface area contributed by atoms with Gasteiger partial charge in [-0.1, -0.05) is 31.7 Å². The van der Waals surface area contributed by atoms with Gasteiger partial charge in [-0.05, 0) is 37.4 Å². The van der Waals surface area contributed by atoms with Crippen molar-refractivity contribution in [1.29, 1.82) is 0 Å². The van der Waals surface area contributed by atoms with E-state index in [4.69, 9.17) is 0 Å². The lowest BCUT2D eigenvalue weighted by Crippen LogP contribution is -2.04. The zero-order valence-corrected chi connectivity index (χ0v) is 12.9. The molecule has 0 aliphatic rings. The SMILES string of the molecule is C=C/C=C(/Cc1cccc(CC(/C=C\CC)=NC)n1)N=C. The molecule has 0 aliphatic heterocycles. The average Bonchev–Trinajstić information content (AvgIpc) is 2.51. The van der Waals surface area contributed by atoms with Gasteiger partial charge in [0.15, 0.2) is 0 Å². The second-order valence-corrected chi connectivity index (χ2v) is 4.55. The number of allylic oxidation sites excluding steroid dienone is 5. The standard InChI is InChI=1S/C18H23N3/c1-5-7-10-16(20-4)14-18-12-8-11-17(21-18)13-15(19-3)9-6-2/h6-12H,2-3,5,13-14H2,1,4H3/b10-7-,15-9-,20-16?. The van der Waals surface area contributed by atoms with Crippen LogP contribution in [0.1, 0.15) is 24.7 Å². The Balaban J connectivity index is 2.85. The molecular formula is C18H23N3. The molecule has 1 heterocycles. The maximum absolute atomic E-state index is 4.66. The highest BCUT2D eigenvalue weighted by molar-refractivity contribution is 5.96. The Morgan fingerprint density at radius 2 is 2.00 bits per heavy atom. The van der Waals surface area contributed by atoms with Gasteiger partial charge < -0.3 is 0 Å². The van der Waals surface area contributed by atoms with Crippen LogP contribution in [0.25, 0.3) is 0 Å². The van der Waals surface area contributed by atoms with Gasteiger partial charge in [-0.3, -0.25) is 15.0 Å². The number of nitrogens with zero attached hydrogens (tertiary/aromatic N) is 3. The topological polar surface area (TPSA) is 37.6 Å². The minimum atomic E-state index is 0.659. The molecule has 0 radical (unpaired) electrons. The molecule has 0 aliphatic carbocycles. The number of pyridine rings is 1. The van der Waals surface area contributed by atoms with Crippen molar-refractivity contribution in [2.45, 2.75) is 26.2 Å². The third-order valence-electron chi connectivity index (χ3n) is 2.94. The molecule has 1 aromatic heterocycles. The monoisotopic (exact) mass is 281 g/mol. The number of aromatic nitrogens is 1. The van der Waals surface area contributed by atoms with Gasteiger partial charge in [-0.25, -0.2) is 0 Å². The highest BCUT2D eigenvalue weighted by Gasteiger charge is 2.03. The number of hydrogen-bond acceptors (Lipinski definition) is 3. The van der Waals surface area contributed by atoms with E-state index < -0.39 is 0 Å². The van der Waals surface area contributed by atoms with E-state index in [9.17, 15) is 0 Å². The smallest absolute Gasteiger partial charge is 0.0466 e. The van der Waals surface area contributed by atoms with Crippen LogP contribution in [0, 0.1) is 0 Å². The molecule has 110 valence electrons. The van der Waals surface area contributed by atoms with Crippen molar-refractivity contribution in [2.75, 3.05) is 7.05 Å². The van der Waals surface area contributed by atoms with E-state index in [-0.39, 0.29) is 0 Å². The molecule has 1 aromatic rings. The van der Waals surface area contributed by atoms with Crippen molar-refractivity contribution < 1.29 is 0 Å². The second kappa shape index (κ2) is 9.59. The molecule has 0 N–H and O–H groups in total. The highest BCUT2D eigenvalue weighted by Crippen LogP contribution is 2.09. The Morgan fingerprint density at radius 3 is 2.57 bits per heavy atom. The summed E-state index contributed by atoms with van der Waals surface area (Å²) < 4.78 is 0. The van der Waals surface area contributed by atoms with Gasteiger partial charge in [-0.2, -0.15) is 0 Å². The van der Waals surface area contributed by atoms with Gasteiger partial charge >= 0.3 is 0 Å². The highest BCUT2D eigenvalue weighted by atomic mass is 14.8. The minimum Gasteiger partial charge on any atom is -0.293 e. The number of hydrogen-bond donors (Lipinski definition) is 0. The molecule has 0 aromatic carbocycles. The number of aliphatic imine (C=N–C) groups is 2. The molecule has 3 nitrogen and oxygen atoms in total. The van der Waals surface area contributed by atoms with Crippen LogP contribution in [-0.4, -0.2) is 24.5 Å². The third kappa shape index (κ3) is 6.13. The van der Waals surface area contributed by atoms with Gasteiger partial charge in [0, 0.05) is 42.7 Å². The van der Waals surface area contributed by atoms with Crippen LogP contribution < -0.4 is 0 Å². The van der Waals surface area contributed by atoms with E-state index in [1.165, 1.54) is 0 Å². The van der Waals surface area contributed by atoms with Gasteiger partial charge in [0.2, 0.25) is 0 Å². The second-order valence-electron chi connectivity index (χ2n) is 4.55. The van der Waals surface area contributed by atoms with Gasteiger partial charge in [-0.15, -0.1) is 0 Å². The molecular weight excluding hydrogens is 258 g/mol. The fraction of sp³-hybridized carbons (Fsp3) is 0.278. The van der Waals surface area contributed by atoms with E-state index in [2.05, 4.69) is 47.3 Å². The maximum Gasteiger partial charge on any atom is 0.0466 e. The quantitative estimate of drug-likeness (QED) is 0.524. The molecule has 0 bridgehead atoms. The summed E-state index contributed by atoms with van der Waals surface area (Å²) in [6, 6.07) is 6.03. The molecule has 0 spiro atoms. The first-order valence-corrected chi connectivity index (χ1v) is 7.08. The Bertz CT molecular complexity index is 566. The summed E-state index contributed by atoms with van der Waals surface area (Å²) >= 11 is 0. The third-order valence-corrected chi connectivity index (χ3v) is 2.94. The summed E-state index contributed by atoms with van der Waals surface area (Å²) in [6.45, 7) is 9.36. The maximum atomic E-state index is 4.66. The summed E-state index contributed by atoms with van der Waals surface area (Å²) in [4.78, 5) is 12.9. The largest absolute Gasteiger partial charge is 0.293 e. The Labute approximate surface area is 127 Å². The lowest BCUT2D eigenvalue weighted by Gasteiger charge is -2.05. The van der Waals surface area contributed by atoms with Gasteiger partial charge in [0.05, 0.1) is 0 Å². The molecule has 21 heavy (non-hydrogen) atoms. The van der Waals surface area contributed by atoms with Crippen LogP contribution in [-0.2, 0) is 12.8 Å². The lowest BCUT2D eigenvalue weighted by molar-refractivity contribution is 0.992. The molecule has 0 fully saturated rings. The molecule has 0 saturated heterocycles. The van der Waals surface area contributed by atoms with Crippen molar-refractivity contribution in [3.63, 3.8) is 0 Å². The molecule has 0 atom stereocenters. The van der Waals surface area contributed by atoms with Crippen molar-refractivity contribution in [3.8, 4) is 0 Å². The van der Waals surface area contributed by atoms with E-state index in [1.807, 2.05) is 31.3 Å². The number of rotatable bonds is 8. The summed E-state index contributed by atoms with van der Waals surface area (Å²) in [5, 5.41) is 0. The summed E-state index contributed by atoms with van der Waals surface area (Å²) in [5.41, 5.74) is 3.88. The van der Waals surface area contributed by atoms with Crippen LogP contribution in [0.4, 0.5) is 0 Å². The zero-order valence-electron chi connectivity index (χ0n) is 12.9. The normalized spacial score (nSPS) is 12.7. The molecule has 0 unspecified atom stereocenters. The molecule has 3 heteroatoms. The summed E-state index contributed by atoms with van der Waals surface area (Å²) in [5.74, 6) is 0. The van der Waals surface area contributed by atoms with Crippen LogP contribution in [0.3, 0.4) is 0 Å². The van der Waals surface area contributed by atoms with E-state index in [0.717, 1.165) is 35.6 Å². The van der Waals surface area contributed by atoms with Crippen molar-refractivity contribution in [1.82, 2.24) is 4.98 Å². The van der Waals surface area contributed by atoms with Crippen LogP contribution in [0.2, 0.25) is 0 Å². The Hall–Kier alpha value is -2.29. The molecule has 0 saturated carbocycles. The van der Waals surface area contributed by atoms with Crippen LogP contribution in [0.15, 0.2) is 64.8 Å². The zero-order chi connectivity index (χ0) is 15.5. The average molecular weight is 281 g/mol. The van der Waals surface area contributed by atoms with Crippen LogP contribution in [0.5, 0.6) is 0 Å².